The third-order valence-corrected chi connectivity index (χ3v) is 7.84. The molecule has 0 aliphatic carbocycles. The predicted molar refractivity (Wildman–Crippen MR) is 123 cm³/mol. The molecule has 1 N–H and O–H groups in total. The highest BCUT2D eigenvalue weighted by molar-refractivity contribution is 7.22. The second-order valence-corrected chi connectivity index (χ2v) is 9.70. The van der Waals surface area contributed by atoms with Crippen LogP contribution in [0.1, 0.15) is 33.4 Å². The van der Waals surface area contributed by atoms with Gasteiger partial charge in [0, 0.05) is 30.6 Å². The monoisotopic (exact) mass is 437 g/mol. The maximum atomic E-state index is 13.1. The van der Waals surface area contributed by atoms with Crippen molar-refractivity contribution < 1.29 is 4.79 Å². The molecule has 0 fully saturated rings. The third-order valence-electron chi connectivity index (χ3n) is 5.65. The number of nitrogens with one attached hydrogen (secondary N) is 1. The molecule has 1 aromatic carbocycles. The van der Waals surface area contributed by atoms with E-state index in [0.29, 0.717) is 5.69 Å². The molecule has 6 nitrogen and oxygen atoms in total. The minimum Gasteiger partial charge on any atom is -0.312 e. The SMILES string of the molecule is CCN1CCc2c(sc(NC(=O)c3c(C)cnn3C)c2-c2nc3ccccc3s2)C1. The molecule has 1 aliphatic rings. The molecule has 30 heavy (non-hydrogen) atoms. The quantitative estimate of drug-likeness (QED) is 0.503. The molecule has 0 bridgehead atoms. The minimum absolute atomic E-state index is 0.124. The first-order chi connectivity index (χ1) is 14.5. The Morgan fingerprint density at radius 2 is 2.10 bits per heavy atom. The highest BCUT2D eigenvalue weighted by Crippen LogP contribution is 2.45. The van der Waals surface area contributed by atoms with E-state index in [1.54, 1.807) is 40.6 Å². The Morgan fingerprint density at radius 3 is 2.83 bits per heavy atom. The van der Waals surface area contributed by atoms with Gasteiger partial charge < -0.3 is 5.32 Å². The number of hydrogen-bond donors (Lipinski definition) is 1. The molecule has 154 valence electrons. The van der Waals surface area contributed by atoms with E-state index >= 15 is 0 Å². The number of aryl methyl sites for hydroxylation is 2. The summed E-state index contributed by atoms with van der Waals surface area (Å²) >= 11 is 3.38. The van der Waals surface area contributed by atoms with Gasteiger partial charge in [0.05, 0.1) is 16.4 Å². The first-order valence-electron chi connectivity index (χ1n) is 10.1. The Balaban J connectivity index is 1.61. The van der Waals surface area contributed by atoms with Gasteiger partial charge >= 0.3 is 0 Å². The molecule has 1 amide bonds. The van der Waals surface area contributed by atoms with E-state index in [1.165, 1.54) is 10.4 Å². The molecule has 0 radical (unpaired) electrons. The van der Waals surface area contributed by atoms with Gasteiger partial charge in [-0.3, -0.25) is 14.4 Å². The van der Waals surface area contributed by atoms with E-state index in [0.717, 1.165) is 57.4 Å². The van der Waals surface area contributed by atoms with Crippen molar-refractivity contribution >= 4 is 43.8 Å². The number of carbonyl (C=O) groups excluding carboxylic acids is 1. The van der Waals surface area contributed by atoms with Gasteiger partial charge in [0.1, 0.15) is 15.7 Å². The standard InChI is InChI=1S/C22H23N5OS2/c1-4-27-10-9-14-17(12-27)30-22(25-20(28)19-13(2)11-23-26(19)3)18(14)21-24-15-7-5-6-8-16(15)29-21/h5-8,11H,4,9-10,12H2,1-3H3,(H,25,28). The zero-order valence-electron chi connectivity index (χ0n) is 17.2. The van der Waals surface area contributed by atoms with Gasteiger partial charge in [0.25, 0.3) is 5.91 Å². The molecule has 0 atom stereocenters. The summed E-state index contributed by atoms with van der Waals surface area (Å²) in [5, 5.41) is 9.28. The van der Waals surface area contributed by atoms with Crippen LogP contribution in [0.4, 0.5) is 5.00 Å². The highest BCUT2D eigenvalue weighted by Gasteiger charge is 2.28. The summed E-state index contributed by atoms with van der Waals surface area (Å²) in [6.45, 7) is 7.10. The Hall–Kier alpha value is -2.55. The number of thiazole rings is 1. The number of carbonyl (C=O) groups is 1. The Bertz CT molecular complexity index is 1200. The minimum atomic E-state index is -0.124. The lowest BCUT2D eigenvalue weighted by Gasteiger charge is -2.25. The van der Waals surface area contributed by atoms with Crippen molar-refractivity contribution in [3.8, 4) is 10.6 Å². The number of fused-ring (bicyclic) bond motifs is 2. The van der Waals surface area contributed by atoms with Gasteiger partial charge in [-0.25, -0.2) is 4.98 Å². The van der Waals surface area contributed by atoms with E-state index in [1.807, 2.05) is 25.1 Å². The summed E-state index contributed by atoms with van der Waals surface area (Å²) in [6.07, 6.45) is 2.70. The van der Waals surface area contributed by atoms with Crippen LogP contribution in [-0.4, -0.2) is 38.7 Å². The van der Waals surface area contributed by atoms with Crippen LogP contribution in [0, 0.1) is 6.92 Å². The zero-order valence-corrected chi connectivity index (χ0v) is 18.9. The molecule has 4 heterocycles. The number of likely N-dealkylation sites (N-methyl/N-ethyl adjacent to an activating group) is 1. The summed E-state index contributed by atoms with van der Waals surface area (Å²) in [5.74, 6) is -0.124. The third kappa shape index (κ3) is 3.25. The largest absolute Gasteiger partial charge is 0.312 e. The Labute approximate surface area is 183 Å². The number of thiophene rings is 1. The van der Waals surface area contributed by atoms with Gasteiger partial charge in [-0.15, -0.1) is 22.7 Å². The number of benzene rings is 1. The molecule has 1 aliphatic heterocycles. The Kier molecular flexibility index (Phi) is 4.92. The van der Waals surface area contributed by atoms with Gasteiger partial charge in [-0.05, 0) is 43.1 Å². The Morgan fingerprint density at radius 1 is 1.27 bits per heavy atom. The summed E-state index contributed by atoms with van der Waals surface area (Å²) in [6, 6.07) is 8.21. The summed E-state index contributed by atoms with van der Waals surface area (Å²) in [7, 11) is 1.80. The van der Waals surface area contributed by atoms with Gasteiger partial charge in [-0.2, -0.15) is 5.10 Å². The van der Waals surface area contributed by atoms with Crippen LogP contribution in [0.15, 0.2) is 30.5 Å². The number of nitrogens with zero attached hydrogens (tertiary/aromatic N) is 4. The maximum Gasteiger partial charge on any atom is 0.274 e. The average molecular weight is 438 g/mol. The van der Waals surface area contributed by atoms with Gasteiger partial charge in [0.2, 0.25) is 0 Å². The van der Waals surface area contributed by atoms with Crippen molar-refractivity contribution in [1.82, 2.24) is 19.7 Å². The van der Waals surface area contributed by atoms with E-state index in [4.69, 9.17) is 4.98 Å². The number of anilines is 1. The number of aromatic nitrogens is 3. The van der Waals surface area contributed by atoms with Crippen LogP contribution in [-0.2, 0) is 20.0 Å². The first kappa shape index (κ1) is 19.4. The van der Waals surface area contributed by atoms with Crippen molar-refractivity contribution in [2.45, 2.75) is 26.8 Å². The first-order valence-corrected chi connectivity index (χ1v) is 11.7. The number of rotatable bonds is 4. The molecule has 0 spiro atoms. The smallest absolute Gasteiger partial charge is 0.274 e. The van der Waals surface area contributed by atoms with E-state index in [2.05, 4.69) is 28.3 Å². The van der Waals surface area contributed by atoms with Crippen molar-refractivity contribution in [2.24, 2.45) is 7.05 Å². The summed E-state index contributed by atoms with van der Waals surface area (Å²) in [5.41, 5.74) is 4.89. The molecular formula is C22H23N5OS2. The van der Waals surface area contributed by atoms with Crippen molar-refractivity contribution in [1.29, 1.82) is 0 Å². The van der Waals surface area contributed by atoms with Gasteiger partial charge in [-0.1, -0.05) is 19.1 Å². The normalized spacial score (nSPS) is 14.2. The highest BCUT2D eigenvalue weighted by atomic mass is 32.1. The zero-order chi connectivity index (χ0) is 20.8. The van der Waals surface area contributed by atoms with Crippen LogP contribution in [0.3, 0.4) is 0 Å². The lowest BCUT2D eigenvalue weighted by molar-refractivity contribution is 0.101. The number of amides is 1. The maximum absolute atomic E-state index is 13.1. The van der Waals surface area contributed by atoms with Crippen molar-refractivity contribution in [3.63, 3.8) is 0 Å². The molecule has 4 aromatic rings. The molecule has 3 aromatic heterocycles. The summed E-state index contributed by atoms with van der Waals surface area (Å²) in [4.78, 5) is 21.8. The fraction of sp³-hybridized carbons (Fsp3) is 0.318. The number of hydrogen-bond acceptors (Lipinski definition) is 6. The van der Waals surface area contributed by atoms with Crippen LogP contribution in [0.25, 0.3) is 20.8 Å². The average Bonchev–Trinajstić information content (AvgIpc) is 3.41. The van der Waals surface area contributed by atoms with Crippen LogP contribution in [0.5, 0.6) is 0 Å². The second kappa shape index (κ2) is 7.61. The molecular weight excluding hydrogens is 414 g/mol. The fourth-order valence-corrected chi connectivity index (χ4v) is 6.45. The molecule has 8 heteroatoms. The second-order valence-electron chi connectivity index (χ2n) is 7.57. The van der Waals surface area contributed by atoms with Crippen molar-refractivity contribution in [2.75, 3.05) is 18.4 Å². The lowest BCUT2D eigenvalue weighted by Crippen LogP contribution is -2.29. The van der Waals surface area contributed by atoms with Gasteiger partial charge in [0.15, 0.2) is 0 Å². The number of para-hydroxylation sites is 1. The fourth-order valence-electron chi connectivity index (χ4n) is 4.06. The topological polar surface area (TPSA) is 63.1 Å². The van der Waals surface area contributed by atoms with Crippen LogP contribution < -0.4 is 5.32 Å². The molecule has 0 saturated carbocycles. The van der Waals surface area contributed by atoms with E-state index in [-0.39, 0.29) is 5.91 Å². The van der Waals surface area contributed by atoms with Crippen molar-refractivity contribution in [3.05, 3.63) is 52.2 Å². The van der Waals surface area contributed by atoms with E-state index < -0.39 is 0 Å². The van der Waals surface area contributed by atoms with E-state index in [9.17, 15) is 4.79 Å². The molecule has 5 rings (SSSR count). The molecule has 0 unspecified atom stereocenters. The van der Waals surface area contributed by atoms with Crippen LogP contribution in [0.2, 0.25) is 0 Å². The van der Waals surface area contributed by atoms with Crippen LogP contribution >= 0.6 is 22.7 Å². The lowest BCUT2D eigenvalue weighted by atomic mass is 10.0. The summed E-state index contributed by atoms with van der Waals surface area (Å²) < 4.78 is 2.80. The molecule has 0 saturated heterocycles. The predicted octanol–water partition coefficient (Wildman–Crippen LogP) is 4.70.